The van der Waals surface area contributed by atoms with E-state index in [1.54, 1.807) is 0 Å². The van der Waals surface area contributed by atoms with Crippen molar-refractivity contribution in [3.05, 3.63) is 180 Å². The molecule has 6 aromatic carbocycles. The Morgan fingerprint density at radius 3 is 1.98 bits per heavy atom. The average Bonchev–Trinajstić information content (AvgIpc) is 3.43. The van der Waals surface area contributed by atoms with Crippen molar-refractivity contribution in [2.24, 2.45) is 0 Å². The smallest absolute Gasteiger partial charge is 0.165 e. The summed E-state index contributed by atoms with van der Waals surface area (Å²) in [7, 11) is 0. The monoisotopic (exact) mass is 654 g/mol. The first-order chi connectivity index (χ1) is 25.0. The molecular formula is C47H34N4. The summed E-state index contributed by atoms with van der Waals surface area (Å²) in [6.45, 7) is 4.54. The van der Waals surface area contributed by atoms with Crippen molar-refractivity contribution in [3.8, 4) is 51.4 Å². The maximum absolute atomic E-state index is 9.88. The average molecular weight is 655 g/mol. The molecule has 0 N–H and O–H groups in total. The molecule has 2 aliphatic rings. The van der Waals surface area contributed by atoms with Crippen LogP contribution < -0.4 is 0 Å². The van der Waals surface area contributed by atoms with Crippen LogP contribution in [0.5, 0.6) is 0 Å². The van der Waals surface area contributed by atoms with Gasteiger partial charge in [0.1, 0.15) is 0 Å². The number of benzene rings is 6. The molecule has 0 radical (unpaired) electrons. The van der Waals surface area contributed by atoms with Crippen molar-refractivity contribution in [3.63, 3.8) is 0 Å². The van der Waals surface area contributed by atoms with Crippen LogP contribution >= 0.6 is 0 Å². The second-order valence-corrected chi connectivity index (χ2v) is 13.9. The van der Waals surface area contributed by atoms with Gasteiger partial charge in [0.25, 0.3) is 0 Å². The third kappa shape index (κ3) is 5.18. The van der Waals surface area contributed by atoms with Crippen LogP contribution in [0, 0.1) is 11.3 Å². The van der Waals surface area contributed by atoms with Gasteiger partial charge in [0.2, 0.25) is 0 Å². The summed E-state index contributed by atoms with van der Waals surface area (Å²) in [5, 5.41) is 12.1. The Morgan fingerprint density at radius 1 is 0.627 bits per heavy atom. The fraction of sp³-hybridized carbons (Fsp3) is 0.106. The second kappa shape index (κ2) is 12.2. The molecular weight excluding hydrogens is 621 g/mol. The quantitative estimate of drug-likeness (QED) is 0.185. The summed E-state index contributed by atoms with van der Waals surface area (Å²) in [5.41, 5.74) is 11.8. The predicted molar refractivity (Wildman–Crippen MR) is 207 cm³/mol. The van der Waals surface area contributed by atoms with E-state index in [0.29, 0.717) is 17.5 Å². The van der Waals surface area contributed by atoms with Crippen LogP contribution in [0.15, 0.2) is 152 Å². The molecule has 0 saturated carbocycles. The zero-order chi connectivity index (χ0) is 34.5. The molecule has 0 amide bonds. The van der Waals surface area contributed by atoms with E-state index in [9.17, 15) is 5.26 Å². The number of fused-ring (bicyclic) bond motifs is 4. The largest absolute Gasteiger partial charge is 0.208 e. The maximum Gasteiger partial charge on any atom is 0.165 e. The summed E-state index contributed by atoms with van der Waals surface area (Å²) < 4.78 is 0. The lowest BCUT2D eigenvalue weighted by Crippen LogP contribution is -2.15. The molecule has 4 heteroatoms. The summed E-state index contributed by atoms with van der Waals surface area (Å²) in [4.78, 5) is 15.3. The van der Waals surface area contributed by atoms with Gasteiger partial charge in [0.05, 0.1) is 11.6 Å². The van der Waals surface area contributed by atoms with Crippen LogP contribution in [-0.2, 0) is 5.41 Å². The number of allylic oxidation sites excluding steroid dienone is 4. The Kier molecular flexibility index (Phi) is 7.30. The third-order valence-corrected chi connectivity index (χ3v) is 10.5. The van der Waals surface area contributed by atoms with Crippen LogP contribution in [-0.4, -0.2) is 15.0 Å². The molecule has 1 unspecified atom stereocenters. The van der Waals surface area contributed by atoms with Gasteiger partial charge >= 0.3 is 0 Å². The van der Waals surface area contributed by atoms with Gasteiger partial charge in [-0.1, -0.05) is 159 Å². The van der Waals surface area contributed by atoms with Gasteiger partial charge in [-0.3, -0.25) is 0 Å². The first-order valence-corrected chi connectivity index (χ1v) is 17.5. The number of rotatable bonds is 5. The second-order valence-electron chi connectivity index (χ2n) is 13.9. The van der Waals surface area contributed by atoms with E-state index in [1.807, 2.05) is 72.8 Å². The summed E-state index contributed by atoms with van der Waals surface area (Å²) in [6, 6.07) is 48.5. The molecule has 1 atom stereocenters. The van der Waals surface area contributed by atoms with Gasteiger partial charge < -0.3 is 0 Å². The molecule has 0 bridgehead atoms. The van der Waals surface area contributed by atoms with Gasteiger partial charge in [-0.2, -0.15) is 5.26 Å². The number of nitrogens with zero attached hydrogens (tertiary/aromatic N) is 4. The highest BCUT2D eigenvalue weighted by Gasteiger charge is 2.37. The molecule has 9 rings (SSSR count). The third-order valence-electron chi connectivity index (χ3n) is 10.5. The van der Waals surface area contributed by atoms with E-state index >= 15 is 0 Å². The van der Waals surface area contributed by atoms with Crippen molar-refractivity contribution in [2.45, 2.75) is 31.6 Å². The van der Waals surface area contributed by atoms with Gasteiger partial charge in [0.15, 0.2) is 17.5 Å². The first kappa shape index (κ1) is 30.6. The zero-order valence-corrected chi connectivity index (χ0v) is 28.5. The van der Waals surface area contributed by atoms with Crippen molar-refractivity contribution < 1.29 is 0 Å². The van der Waals surface area contributed by atoms with Crippen molar-refractivity contribution in [1.82, 2.24) is 15.0 Å². The molecule has 242 valence electrons. The highest BCUT2D eigenvalue weighted by molar-refractivity contribution is 6.02. The fourth-order valence-electron chi connectivity index (χ4n) is 7.87. The lowest BCUT2D eigenvalue weighted by molar-refractivity contribution is 0.658. The van der Waals surface area contributed by atoms with Crippen LogP contribution in [0.4, 0.5) is 0 Å². The molecule has 0 aliphatic heterocycles. The zero-order valence-electron chi connectivity index (χ0n) is 28.5. The molecule has 7 aromatic rings. The minimum atomic E-state index is -0.172. The van der Waals surface area contributed by atoms with Crippen LogP contribution in [0.2, 0.25) is 0 Å². The molecule has 1 aromatic heterocycles. The Hall–Kier alpha value is -6.44. The molecule has 0 fully saturated rings. The highest BCUT2D eigenvalue weighted by Crippen LogP contribution is 2.51. The lowest BCUT2D eigenvalue weighted by Gasteiger charge is -2.24. The number of hydrogen-bond acceptors (Lipinski definition) is 4. The number of hydrogen-bond donors (Lipinski definition) is 0. The molecule has 2 aliphatic carbocycles. The number of nitriles is 1. The van der Waals surface area contributed by atoms with Gasteiger partial charge in [-0.15, -0.1) is 0 Å². The highest BCUT2D eigenvalue weighted by atomic mass is 15.0. The van der Waals surface area contributed by atoms with E-state index in [4.69, 9.17) is 15.0 Å². The topological polar surface area (TPSA) is 62.5 Å². The van der Waals surface area contributed by atoms with Crippen LogP contribution in [0.25, 0.3) is 61.6 Å². The lowest BCUT2D eigenvalue weighted by atomic mass is 9.80. The van der Waals surface area contributed by atoms with E-state index < -0.39 is 0 Å². The van der Waals surface area contributed by atoms with E-state index in [0.717, 1.165) is 56.1 Å². The maximum atomic E-state index is 9.88. The summed E-state index contributed by atoms with van der Waals surface area (Å²) >= 11 is 0. The molecule has 51 heavy (non-hydrogen) atoms. The van der Waals surface area contributed by atoms with Gasteiger partial charge in [0, 0.05) is 33.6 Å². The molecule has 1 heterocycles. The van der Waals surface area contributed by atoms with Crippen molar-refractivity contribution in [2.75, 3.05) is 0 Å². The van der Waals surface area contributed by atoms with Gasteiger partial charge in [-0.05, 0) is 56.6 Å². The van der Waals surface area contributed by atoms with Gasteiger partial charge in [-0.25, -0.2) is 15.0 Å². The molecule has 0 saturated heterocycles. The van der Waals surface area contributed by atoms with Crippen LogP contribution in [0.3, 0.4) is 0 Å². The minimum absolute atomic E-state index is 0.172. The van der Waals surface area contributed by atoms with E-state index in [-0.39, 0.29) is 11.3 Å². The standard InChI is InChI=1S/C47H34N4/c1-47(2)40-19-11-17-36(29-48)42(40)39-27-25-35(28-41(39)47)30-20-22-32(23-21-30)38-26-24-31-12-9-10-18-37(31)43(38)46-50-44(33-13-5-3-6-14-33)49-45(51-46)34-15-7-4-8-16-34/h3-20,22-28,30H,21H2,1-2H3. The van der Waals surface area contributed by atoms with E-state index in [2.05, 4.69) is 98.8 Å². The minimum Gasteiger partial charge on any atom is -0.208 e. The fourth-order valence-corrected chi connectivity index (χ4v) is 7.87. The molecule has 4 nitrogen and oxygen atoms in total. The van der Waals surface area contributed by atoms with E-state index in [1.165, 1.54) is 22.3 Å². The SMILES string of the molecule is CC1(C)c2cc(C3C=CC(c4ccc5ccccc5c4-c4nc(-c5ccccc5)nc(-c5ccccc5)n4)=CC3)ccc2-c2c(C#N)cccc21. The van der Waals surface area contributed by atoms with Crippen LogP contribution in [0.1, 0.15) is 54.0 Å². The van der Waals surface area contributed by atoms with Crippen molar-refractivity contribution >= 4 is 16.3 Å². The first-order valence-electron chi connectivity index (χ1n) is 17.5. The number of aromatic nitrogens is 3. The Morgan fingerprint density at radius 2 is 1.29 bits per heavy atom. The Bertz CT molecular complexity index is 2530. The summed E-state index contributed by atoms with van der Waals surface area (Å²) in [6.07, 6.45) is 7.83. The molecule has 0 spiro atoms. The Balaban J connectivity index is 1.13. The Labute approximate surface area is 298 Å². The predicted octanol–water partition coefficient (Wildman–Crippen LogP) is 11.3. The summed E-state index contributed by atoms with van der Waals surface area (Å²) in [5.74, 6) is 2.19. The normalized spacial score (nSPS) is 15.5. The van der Waals surface area contributed by atoms with Crippen molar-refractivity contribution in [1.29, 1.82) is 5.26 Å².